The lowest BCUT2D eigenvalue weighted by Crippen LogP contribution is -2.22. The van der Waals surface area contributed by atoms with Crippen molar-refractivity contribution in [3.63, 3.8) is 0 Å². The summed E-state index contributed by atoms with van der Waals surface area (Å²) in [7, 11) is 1.40. The number of hydrogen-bond acceptors (Lipinski definition) is 2. The van der Waals surface area contributed by atoms with Crippen molar-refractivity contribution in [2.45, 2.75) is 25.6 Å². The van der Waals surface area contributed by atoms with E-state index in [2.05, 4.69) is 0 Å². The van der Waals surface area contributed by atoms with Crippen molar-refractivity contribution >= 4 is 5.78 Å². The lowest BCUT2D eigenvalue weighted by Gasteiger charge is -2.12. The predicted octanol–water partition coefficient (Wildman–Crippen LogP) is 3.31. The minimum absolute atomic E-state index is 0.228. The van der Waals surface area contributed by atoms with E-state index in [0.717, 1.165) is 12.1 Å². The van der Waals surface area contributed by atoms with Crippen molar-refractivity contribution in [1.29, 1.82) is 0 Å². The summed E-state index contributed by atoms with van der Waals surface area (Å²) in [6.45, 7) is 1.77. The van der Waals surface area contributed by atoms with Gasteiger partial charge >= 0.3 is 6.18 Å². The zero-order chi connectivity index (χ0) is 13.1. The number of methoxy groups -OCH3 is 1. The van der Waals surface area contributed by atoms with Gasteiger partial charge in [-0.25, -0.2) is 0 Å². The first kappa shape index (κ1) is 13.7. The third kappa shape index (κ3) is 3.30. The van der Waals surface area contributed by atoms with Crippen molar-refractivity contribution < 1.29 is 22.7 Å². The molecule has 0 spiro atoms. The molecule has 0 bridgehead atoms. The van der Waals surface area contributed by atoms with Gasteiger partial charge in [0, 0.05) is 12.7 Å². The molecule has 5 heteroatoms. The van der Waals surface area contributed by atoms with E-state index < -0.39 is 17.8 Å². The van der Waals surface area contributed by atoms with Crippen LogP contribution in [0.4, 0.5) is 13.2 Å². The van der Waals surface area contributed by atoms with E-state index in [0.29, 0.717) is 6.42 Å². The Labute approximate surface area is 97.4 Å². The molecule has 0 aromatic heterocycles. The molecule has 0 saturated heterocycles. The molecule has 0 aliphatic heterocycles. The Balaban J connectivity index is 2.91. The minimum atomic E-state index is -4.38. The van der Waals surface area contributed by atoms with Gasteiger partial charge in [-0.15, -0.1) is 0 Å². The number of hydrogen-bond donors (Lipinski definition) is 0. The van der Waals surface area contributed by atoms with E-state index in [1.807, 2.05) is 0 Å². The number of benzene rings is 1. The molecular formula is C12H13F3O2. The fraction of sp³-hybridized carbons (Fsp3) is 0.417. The van der Waals surface area contributed by atoms with Crippen LogP contribution in [0, 0.1) is 0 Å². The Hall–Kier alpha value is -1.36. The summed E-state index contributed by atoms with van der Waals surface area (Å²) in [5.41, 5.74) is -0.536. The number of carbonyl (C=O) groups excluding carboxylic acids is 1. The van der Waals surface area contributed by atoms with Crippen LogP contribution in [-0.2, 0) is 10.9 Å². The van der Waals surface area contributed by atoms with Crippen molar-refractivity contribution in [3.8, 4) is 0 Å². The third-order valence-electron chi connectivity index (χ3n) is 2.44. The molecule has 0 saturated carbocycles. The van der Waals surface area contributed by atoms with Crippen molar-refractivity contribution in [1.82, 2.24) is 0 Å². The Kier molecular flexibility index (Phi) is 4.28. The molecule has 0 heterocycles. The fourth-order valence-electron chi connectivity index (χ4n) is 1.47. The second kappa shape index (κ2) is 5.31. The summed E-state index contributed by atoms with van der Waals surface area (Å²) in [5, 5.41) is 0. The molecule has 0 aliphatic rings. The molecular weight excluding hydrogens is 233 g/mol. The van der Waals surface area contributed by atoms with Crippen LogP contribution in [0.5, 0.6) is 0 Å². The van der Waals surface area contributed by atoms with Crippen LogP contribution < -0.4 is 0 Å². The van der Waals surface area contributed by atoms with E-state index in [1.165, 1.54) is 19.2 Å². The first-order chi connectivity index (χ1) is 7.90. The van der Waals surface area contributed by atoms with Crippen LogP contribution in [0.15, 0.2) is 24.3 Å². The van der Waals surface area contributed by atoms with E-state index in [9.17, 15) is 18.0 Å². The van der Waals surface area contributed by atoms with Gasteiger partial charge in [0.1, 0.15) is 6.10 Å². The topological polar surface area (TPSA) is 26.3 Å². The average molecular weight is 246 g/mol. The summed E-state index contributed by atoms with van der Waals surface area (Å²) >= 11 is 0. The highest BCUT2D eigenvalue weighted by Gasteiger charge is 2.30. The summed E-state index contributed by atoms with van der Waals surface area (Å²) in [5.74, 6) is -0.302. The number of ketones is 1. The monoisotopic (exact) mass is 246 g/mol. The summed E-state index contributed by atoms with van der Waals surface area (Å²) in [6, 6.07) is 4.14. The molecule has 1 aromatic carbocycles. The summed E-state index contributed by atoms with van der Waals surface area (Å²) in [4.78, 5) is 11.8. The van der Waals surface area contributed by atoms with Crippen LogP contribution in [0.3, 0.4) is 0 Å². The van der Waals surface area contributed by atoms with Gasteiger partial charge in [-0.2, -0.15) is 13.2 Å². The maximum atomic E-state index is 12.3. The maximum absolute atomic E-state index is 12.3. The molecule has 0 aliphatic carbocycles. The summed E-state index contributed by atoms with van der Waals surface area (Å²) < 4.78 is 41.8. The van der Waals surface area contributed by atoms with Crippen LogP contribution in [0.2, 0.25) is 0 Å². The SMILES string of the molecule is CCC(OC)C(=O)c1ccc(C(F)(F)F)cc1. The van der Waals surface area contributed by atoms with Crippen LogP contribution in [-0.4, -0.2) is 19.0 Å². The van der Waals surface area contributed by atoms with Gasteiger partial charge in [0.15, 0.2) is 5.78 Å². The molecule has 0 amide bonds. The Morgan fingerprint density at radius 1 is 1.29 bits per heavy atom. The lowest BCUT2D eigenvalue weighted by atomic mass is 10.0. The molecule has 1 atom stereocenters. The average Bonchev–Trinajstić information content (AvgIpc) is 2.29. The largest absolute Gasteiger partial charge is 0.416 e. The Morgan fingerprint density at radius 3 is 2.18 bits per heavy atom. The van der Waals surface area contributed by atoms with Gasteiger partial charge < -0.3 is 4.74 Å². The van der Waals surface area contributed by atoms with E-state index in [-0.39, 0.29) is 11.3 Å². The second-order valence-corrected chi connectivity index (χ2v) is 3.57. The van der Waals surface area contributed by atoms with Gasteiger partial charge in [-0.1, -0.05) is 19.1 Å². The van der Waals surface area contributed by atoms with Crippen LogP contribution in [0.25, 0.3) is 0 Å². The zero-order valence-corrected chi connectivity index (χ0v) is 9.54. The molecule has 17 heavy (non-hydrogen) atoms. The highest BCUT2D eigenvalue weighted by atomic mass is 19.4. The van der Waals surface area contributed by atoms with Crippen LogP contribution in [0.1, 0.15) is 29.3 Å². The Morgan fingerprint density at radius 2 is 1.82 bits per heavy atom. The molecule has 1 aromatic rings. The number of halogens is 3. The van der Waals surface area contributed by atoms with Gasteiger partial charge in [0.25, 0.3) is 0 Å². The first-order valence-electron chi connectivity index (χ1n) is 5.14. The highest BCUT2D eigenvalue weighted by Crippen LogP contribution is 2.29. The van der Waals surface area contributed by atoms with E-state index in [4.69, 9.17) is 4.74 Å². The lowest BCUT2D eigenvalue weighted by molar-refractivity contribution is -0.137. The quantitative estimate of drug-likeness (QED) is 0.762. The number of alkyl halides is 3. The number of rotatable bonds is 4. The standard InChI is InChI=1S/C12H13F3O2/c1-3-10(17-2)11(16)8-4-6-9(7-5-8)12(13,14)15/h4-7,10H,3H2,1-2H3. The van der Waals surface area contributed by atoms with E-state index in [1.54, 1.807) is 6.92 Å². The first-order valence-corrected chi connectivity index (χ1v) is 5.14. The normalized spacial score (nSPS) is 13.5. The van der Waals surface area contributed by atoms with E-state index >= 15 is 0 Å². The Bertz CT molecular complexity index is 378. The van der Waals surface area contributed by atoms with Gasteiger partial charge in [0.05, 0.1) is 5.56 Å². The molecule has 0 fully saturated rings. The van der Waals surface area contributed by atoms with Crippen molar-refractivity contribution in [2.75, 3.05) is 7.11 Å². The van der Waals surface area contributed by atoms with Crippen molar-refractivity contribution in [2.24, 2.45) is 0 Å². The number of Topliss-reactive ketones (excluding diaryl/α,β-unsaturated/α-hetero) is 1. The molecule has 2 nitrogen and oxygen atoms in total. The predicted molar refractivity (Wildman–Crippen MR) is 56.9 cm³/mol. The maximum Gasteiger partial charge on any atom is 0.416 e. The second-order valence-electron chi connectivity index (χ2n) is 3.57. The van der Waals surface area contributed by atoms with Gasteiger partial charge in [0.2, 0.25) is 0 Å². The highest BCUT2D eigenvalue weighted by molar-refractivity contribution is 5.99. The minimum Gasteiger partial charge on any atom is -0.373 e. The summed E-state index contributed by atoms with van der Waals surface area (Å²) in [6.07, 6.45) is -4.50. The number of carbonyl (C=O) groups is 1. The smallest absolute Gasteiger partial charge is 0.373 e. The number of ether oxygens (including phenoxy) is 1. The van der Waals surface area contributed by atoms with Crippen molar-refractivity contribution in [3.05, 3.63) is 35.4 Å². The van der Waals surface area contributed by atoms with Gasteiger partial charge in [-0.3, -0.25) is 4.79 Å². The molecule has 1 rings (SSSR count). The van der Waals surface area contributed by atoms with Crippen LogP contribution >= 0.6 is 0 Å². The van der Waals surface area contributed by atoms with Gasteiger partial charge in [-0.05, 0) is 18.6 Å². The molecule has 0 N–H and O–H groups in total. The fourth-order valence-corrected chi connectivity index (χ4v) is 1.47. The molecule has 94 valence electrons. The molecule has 1 unspecified atom stereocenters. The zero-order valence-electron chi connectivity index (χ0n) is 9.54. The molecule has 0 radical (unpaired) electrons. The third-order valence-corrected chi connectivity index (χ3v) is 2.44.